The van der Waals surface area contributed by atoms with Crippen LogP contribution in [0.15, 0.2) is 18.2 Å². The van der Waals surface area contributed by atoms with Gasteiger partial charge in [-0.25, -0.2) is 4.79 Å². The van der Waals surface area contributed by atoms with Gasteiger partial charge in [-0.05, 0) is 19.9 Å². The van der Waals surface area contributed by atoms with E-state index < -0.39 is 10.9 Å². The molecule has 0 unspecified atom stereocenters. The highest BCUT2D eigenvalue weighted by Gasteiger charge is 2.24. The Bertz CT molecular complexity index is 551. The maximum absolute atomic E-state index is 11.3. The zero-order chi connectivity index (χ0) is 15.6. The monoisotopic (exact) mass is 293 g/mol. The molecular weight excluding hydrogens is 274 g/mol. The normalized spacial score (nSPS) is 16.2. The molecule has 1 fully saturated rings. The van der Waals surface area contributed by atoms with Crippen LogP contribution in [0.4, 0.5) is 11.4 Å². The Balaban J connectivity index is 2.27. The highest BCUT2D eigenvalue weighted by molar-refractivity contribution is 5.95. The molecule has 0 amide bonds. The van der Waals surface area contributed by atoms with Crippen LogP contribution < -0.4 is 4.90 Å². The molecule has 0 atom stereocenters. The summed E-state index contributed by atoms with van der Waals surface area (Å²) in [4.78, 5) is 25.9. The molecule has 114 valence electrons. The molecule has 7 nitrogen and oxygen atoms in total. The maximum atomic E-state index is 11.3. The highest BCUT2D eigenvalue weighted by atomic mass is 16.6. The van der Waals surface area contributed by atoms with Crippen LogP contribution in [0, 0.1) is 10.1 Å². The topological polar surface area (TPSA) is 86.9 Å². The van der Waals surface area contributed by atoms with Crippen LogP contribution in [-0.4, -0.2) is 53.1 Å². The second kappa shape index (κ2) is 6.09. The highest BCUT2D eigenvalue weighted by Crippen LogP contribution is 2.27. The van der Waals surface area contributed by atoms with Gasteiger partial charge in [-0.15, -0.1) is 0 Å². The molecule has 7 heteroatoms. The van der Waals surface area contributed by atoms with Crippen LogP contribution in [0.1, 0.15) is 24.2 Å². The minimum Gasteiger partial charge on any atom is -0.478 e. The zero-order valence-corrected chi connectivity index (χ0v) is 12.2. The average Bonchev–Trinajstić information content (AvgIpc) is 2.46. The molecule has 1 aliphatic heterocycles. The van der Waals surface area contributed by atoms with E-state index in [4.69, 9.17) is 0 Å². The molecule has 0 aliphatic carbocycles. The van der Waals surface area contributed by atoms with Gasteiger partial charge in [0, 0.05) is 44.4 Å². The number of benzene rings is 1. The second-order valence-electron chi connectivity index (χ2n) is 5.38. The van der Waals surface area contributed by atoms with Crippen molar-refractivity contribution in [2.75, 3.05) is 31.1 Å². The largest absolute Gasteiger partial charge is 0.478 e. The van der Waals surface area contributed by atoms with Crippen molar-refractivity contribution < 1.29 is 14.8 Å². The molecule has 0 radical (unpaired) electrons. The molecular formula is C14H19N3O4. The zero-order valence-electron chi connectivity index (χ0n) is 12.2. The van der Waals surface area contributed by atoms with Crippen LogP contribution in [0.5, 0.6) is 0 Å². The number of nitro groups is 1. The van der Waals surface area contributed by atoms with Crippen molar-refractivity contribution in [2.24, 2.45) is 0 Å². The second-order valence-corrected chi connectivity index (χ2v) is 5.38. The van der Waals surface area contributed by atoms with Crippen LogP contribution in [0.3, 0.4) is 0 Å². The summed E-state index contributed by atoms with van der Waals surface area (Å²) in [7, 11) is 0. The van der Waals surface area contributed by atoms with Crippen LogP contribution in [0.2, 0.25) is 0 Å². The number of carbonyl (C=O) groups is 1. The van der Waals surface area contributed by atoms with Crippen molar-refractivity contribution >= 4 is 17.3 Å². The van der Waals surface area contributed by atoms with Crippen LogP contribution in [0.25, 0.3) is 0 Å². The first-order valence-corrected chi connectivity index (χ1v) is 6.91. The number of carboxylic acid groups (broad SMARTS) is 1. The Kier molecular flexibility index (Phi) is 4.42. The summed E-state index contributed by atoms with van der Waals surface area (Å²) >= 11 is 0. The molecule has 2 rings (SSSR count). The van der Waals surface area contributed by atoms with E-state index >= 15 is 0 Å². The van der Waals surface area contributed by atoms with Crippen molar-refractivity contribution in [3.63, 3.8) is 0 Å². The lowest BCUT2D eigenvalue weighted by Gasteiger charge is -2.38. The van der Waals surface area contributed by atoms with E-state index in [1.54, 1.807) is 0 Å². The van der Waals surface area contributed by atoms with E-state index in [2.05, 4.69) is 18.7 Å². The first-order valence-electron chi connectivity index (χ1n) is 6.91. The summed E-state index contributed by atoms with van der Waals surface area (Å²) in [6.45, 7) is 7.20. The quantitative estimate of drug-likeness (QED) is 0.673. The summed E-state index contributed by atoms with van der Waals surface area (Å²) in [5.74, 6) is -1.06. The molecule has 0 aromatic heterocycles. The summed E-state index contributed by atoms with van der Waals surface area (Å²) in [5.41, 5.74) is 0.458. The summed E-state index contributed by atoms with van der Waals surface area (Å²) in [5, 5.41) is 20.1. The molecule has 1 aliphatic rings. The molecule has 0 spiro atoms. The summed E-state index contributed by atoms with van der Waals surface area (Å²) in [6.07, 6.45) is 0. The minimum atomic E-state index is -1.06. The number of nitro benzene ring substituents is 1. The van der Waals surface area contributed by atoms with Crippen molar-refractivity contribution in [1.82, 2.24) is 4.90 Å². The number of rotatable bonds is 4. The summed E-state index contributed by atoms with van der Waals surface area (Å²) < 4.78 is 0. The molecule has 1 aromatic carbocycles. The Morgan fingerprint density at radius 2 is 1.90 bits per heavy atom. The number of piperazine rings is 1. The Hall–Kier alpha value is -2.15. The number of carboxylic acids is 1. The number of hydrogen-bond acceptors (Lipinski definition) is 5. The van der Waals surface area contributed by atoms with Gasteiger partial charge in [0.05, 0.1) is 16.2 Å². The van der Waals surface area contributed by atoms with Gasteiger partial charge >= 0.3 is 5.97 Å². The molecule has 1 N–H and O–H groups in total. The van der Waals surface area contributed by atoms with Gasteiger partial charge in [-0.3, -0.25) is 15.0 Å². The van der Waals surface area contributed by atoms with E-state index in [0.29, 0.717) is 24.8 Å². The number of aromatic carboxylic acids is 1. The molecule has 1 aromatic rings. The van der Waals surface area contributed by atoms with Gasteiger partial charge in [0.2, 0.25) is 0 Å². The fraction of sp³-hybridized carbons (Fsp3) is 0.500. The number of anilines is 1. The predicted octanol–water partition coefficient (Wildman–Crippen LogP) is 1.82. The third-order valence-electron chi connectivity index (χ3n) is 3.81. The van der Waals surface area contributed by atoms with E-state index in [1.165, 1.54) is 18.2 Å². The van der Waals surface area contributed by atoms with Gasteiger partial charge in [0.1, 0.15) is 0 Å². The average molecular weight is 293 g/mol. The fourth-order valence-electron chi connectivity index (χ4n) is 2.56. The van der Waals surface area contributed by atoms with E-state index in [0.717, 1.165) is 13.1 Å². The standard InChI is InChI=1S/C14H19N3O4/c1-10(2)15-5-7-16(8-6-15)13-9-11(17(20)21)3-4-12(13)14(18)19/h3-4,9-10H,5-8H2,1-2H3,(H,18,19). The third kappa shape index (κ3) is 3.30. The van der Waals surface area contributed by atoms with E-state index in [9.17, 15) is 20.0 Å². The number of hydrogen-bond donors (Lipinski definition) is 1. The molecule has 0 saturated carbocycles. The molecule has 1 saturated heterocycles. The molecule has 21 heavy (non-hydrogen) atoms. The van der Waals surface area contributed by atoms with Gasteiger partial charge in [-0.2, -0.15) is 0 Å². The Morgan fingerprint density at radius 1 is 1.29 bits per heavy atom. The Morgan fingerprint density at radius 3 is 2.38 bits per heavy atom. The fourth-order valence-corrected chi connectivity index (χ4v) is 2.56. The van der Waals surface area contributed by atoms with Crippen molar-refractivity contribution in [1.29, 1.82) is 0 Å². The number of nitrogens with zero attached hydrogens (tertiary/aromatic N) is 3. The van der Waals surface area contributed by atoms with E-state index in [-0.39, 0.29) is 11.3 Å². The lowest BCUT2D eigenvalue weighted by Crippen LogP contribution is -2.49. The number of non-ortho nitro benzene ring substituents is 1. The third-order valence-corrected chi connectivity index (χ3v) is 3.81. The molecule has 1 heterocycles. The first-order chi connectivity index (χ1) is 9.90. The minimum absolute atomic E-state index is 0.0821. The van der Waals surface area contributed by atoms with Crippen LogP contribution in [-0.2, 0) is 0 Å². The van der Waals surface area contributed by atoms with Gasteiger partial charge in [0.25, 0.3) is 5.69 Å². The maximum Gasteiger partial charge on any atom is 0.337 e. The lowest BCUT2D eigenvalue weighted by molar-refractivity contribution is -0.384. The van der Waals surface area contributed by atoms with Crippen molar-refractivity contribution in [3.8, 4) is 0 Å². The van der Waals surface area contributed by atoms with Gasteiger partial charge in [-0.1, -0.05) is 0 Å². The molecule has 0 bridgehead atoms. The predicted molar refractivity (Wildman–Crippen MR) is 79.0 cm³/mol. The SMILES string of the molecule is CC(C)N1CCN(c2cc([N+](=O)[O-])ccc2C(=O)O)CC1. The van der Waals surface area contributed by atoms with Crippen molar-refractivity contribution in [2.45, 2.75) is 19.9 Å². The van der Waals surface area contributed by atoms with Gasteiger partial charge in [0.15, 0.2) is 0 Å². The Labute approximate surface area is 122 Å². The van der Waals surface area contributed by atoms with Crippen LogP contribution >= 0.6 is 0 Å². The van der Waals surface area contributed by atoms with E-state index in [1.807, 2.05) is 4.90 Å². The first kappa shape index (κ1) is 15.2. The summed E-state index contributed by atoms with van der Waals surface area (Å²) in [6, 6.07) is 4.34. The smallest absolute Gasteiger partial charge is 0.337 e. The van der Waals surface area contributed by atoms with Gasteiger partial charge < -0.3 is 10.0 Å². The van der Waals surface area contributed by atoms with Crippen molar-refractivity contribution in [3.05, 3.63) is 33.9 Å². The lowest BCUT2D eigenvalue weighted by atomic mass is 10.1.